The quantitative estimate of drug-likeness (QED) is 0.759. The number of allylic oxidation sites excluding steroid dienone is 1. The van der Waals surface area contributed by atoms with Gasteiger partial charge in [-0.25, -0.2) is 9.97 Å². The van der Waals surface area contributed by atoms with Crippen LogP contribution < -0.4 is 21.9 Å². The highest BCUT2D eigenvalue weighted by Gasteiger charge is 2.18. The minimum absolute atomic E-state index is 0.253. The number of aryl methyl sites for hydroxylation is 1. The van der Waals surface area contributed by atoms with Crippen molar-refractivity contribution < 1.29 is 4.79 Å². The van der Waals surface area contributed by atoms with Crippen LogP contribution in [0.1, 0.15) is 35.8 Å². The molecule has 0 saturated heterocycles. The van der Waals surface area contributed by atoms with E-state index >= 15 is 0 Å². The molecule has 0 saturated carbocycles. The number of nitrogens with two attached hydrogens (primary N) is 1. The van der Waals surface area contributed by atoms with Gasteiger partial charge in [0.25, 0.3) is 11.5 Å². The molecule has 0 aromatic carbocycles. The number of aromatic nitrogens is 3. The number of hydrogen-bond acceptors (Lipinski definition) is 6. The van der Waals surface area contributed by atoms with Crippen molar-refractivity contribution >= 4 is 29.4 Å². The molecule has 0 spiro atoms. The molecule has 0 radical (unpaired) electrons. The van der Waals surface area contributed by atoms with Gasteiger partial charge in [-0.15, -0.1) is 0 Å². The van der Waals surface area contributed by atoms with Gasteiger partial charge in [0.05, 0.1) is 0 Å². The molecule has 1 aliphatic rings. The van der Waals surface area contributed by atoms with Gasteiger partial charge in [-0.3, -0.25) is 14.2 Å². The van der Waals surface area contributed by atoms with Crippen LogP contribution >= 0.6 is 0 Å². The van der Waals surface area contributed by atoms with Crippen LogP contribution in [0.5, 0.6) is 0 Å². The van der Waals surface area contributed by atoms with Crippen molar-refractivity contribution in [2.24, 2.45) is 5.92 Å². The second-order valence-corrected chi connectivity index (χ2v) is 6.43. The number of rotatable bonds is 2. The maximum atomic E-state index is 13.0. The van der Waals surface area contributed by atoms with E-state index in [-0.39, 0.29) is 11.5 Å². The summed E-state index contributed by atoms with van der Waals surface area (Å²) in [5.74, 6) is 0.766. The lowest BCUT2D eigenvalue weighted by Crippen LogP contribution is -2.33. The van der Waals surface area contributed by atoms with Crippen molar-refractivity contribution in [1.82, 2.24) is 19.9 Å². The summed E-state index contributed by atoms with van der Waals surface area (Å²) in [4.78, 5) is 33.4. The van der Waals surface area contributed by atoms with Crippen LogP contribution in [0.15, 0.2) is 29.3 Å². The first kappa shape index (κ1) is 17.7. The van der Waals surface area contributed by atoms with E-state index in [9.17, 15) is 9.59 Å². The fourth-order valence-electron chi connectivity index (χ4n) is 2.91. The molecular formula is C18H22N6O2. The zero-order valence-electron chi connectivity index (χ0n) is 14.8. The average molecular weight is 354 g/mol. The molecule has 2 aromatic heterocycles. The minimum Gasteiger partial charge on any atom is -0.384 e. The lowest BCUT2D eigenvalue weighted by molar-refractivity contribution is 0.0944. The summed E-state index contributed by atoms with van der Waals surface area (Å²) >= 11 is 0. The molecular weight excluding hydrogens is 332 g/mol. The number of nitrogens with one attached hydrogen (secondary N) is 2. The number of pyridine rings is 1. The average Bonchev–Trinajstić information content (AvgIpc) is 2.59. The summed E-state index contributed by atoms with van der Waals surface area (Å²) in [6.07, 6.45) is 6.79. The predicted molar refractivity (Wildman–Crippen MR) is 101 cm³/mol. The van der Waals surface area contributed by atoms with E-state index in [1.54, 1.807) is 19.2 Å². The molecule has 1 unspecified atom stereocenters. The van der Waals surface area contributed by atoms with E-state index in [1.807, 2.05) is 6.08 Å². The van der Waals surface area contributed by atoms with Gasteiger partial charge >= 0.3 is 0 Å². The number of carbonyl (C=O) groups excluding carboxylic acids is 1. The Balaban J connectivity index is 2.10. The molecule has 0 bridgehead atoms. The molecule has 8 nitrogen and oxygen atoms in total. The normalized spacial score (nSPS) is 18.5. The van der Waals surface area contributed by atoms with Crippen molar-refractivity contribution in [2.75, 3.05) is 17.6 Å². The molecule has 3 rings (SSSR count). The third kappa shape index (κ3) is 3.74. The Hall–Kier alpha value is -3.16. The molecule has 3 heterocycles. The highest BCUT2D eigenvalue weighted by atomic mass is 16.2. The molecule has 0 aliphatic carbocycles. The summed E-state index contributed by atoms with van der Waals surface area (Å²) in [6.45, 7) is 4.47. The van der Waals surface area contributed by atoms with Crippen LogP contribution in [0.2, 0.25) is 0 Å². The smallest absolute Gasteiger partial charge is 0.278 e. The standard InChI is InChI=1S/C18H22N6O2/c1-11-4-3-6-20-17(25)16-12(2)8-13(18(26)24(16)7-5-11)23-15-9-14(19)21-10-22-15/h5,7-11H,3-4,6H2,1-2H3,(H,20,25)(H3,19,21,22,23)/b7-5-. The van der Waals surface area contributed by atoms with Gasteiger partial charge in [-0.05, 0) is 37.3 Å². The maximum absolute atomic E-state index is 13.0. The number of amides is 1. The zero-order chi connectivity index (χ0) is 18.7. The minimum atomic E-state index is -0.332. The van der Waals surface area contributed by atoms with Crippen molar-refractivity contribution in [3.05, 3.63) is 46.1 Å². The van der Waals surface area contributed by atoms with Crippen molar-refractivity contribution in [3.8, 4) is 0 Å². The maximum Gasteiger partial charge on any atom is 0.278 e. The Labute approximate surface area is 151 Å². The molecule has 1 amide bonds. The van der Waals surface area contributed by atoms with Gasteiger partial charge in [-0.2, -0.15) is 0 Å². The van der Waals surface area contributed by atoms with Gasteiger partial charge < -0.3 is 16.4 Å². The molecule has 136 valence electrons. The first-order chi connectivity index (χ1) is 12.5. The zero-order valence-corrected chi connectivity index (χ0v) is 14.8. The predicted octanol–water partition coefficient (Wildman–Crippen LogP) is 1.90. The molecule has 1 aliphatic heterocycles. The van der Waals surface area contributed by atoms with Gasteiger partial charge in [0.2, 0.25) is 0 Å². The van der Waals surface area contributed by atoms with Gasteiger partial charge in [0.1, 0.15) is 29.3 Å². The first-order valence-electron chi connectivity index (χ1n) is 8.53. The monoisotopic (exact) mass is 354 g/mol. The van der Waals surface area contributed by atoms with Crippen LogP contribution in [0.4, 0.5) is 17.3 Å². The SMILES string of the molecule is Cc1cc(Nc2cc(N)ncn2)c(=O)n2c1C(=O)NCCCC(C)/C=C\2. The van der Waals surface area contributed by atoms with E-state index in [1.165, 1.54) is 17.0 Å². The summed E-state index contributed by atoms with van der Waals surface area (Å²) in [5.41, 5.74) is 6.66. The number of carbonyl (C=O) groups is 1. The van der Waals surface area contributed by atoms with Crippen LogP contribution in [0.25, 0.3) is 6.20 Å². The number of hydrogen-bond donors (Lipinski definition) is 3. The van der Waals surface area contributed by atoms with Crippen LogP contribution in [0, 0.1) is 12.8 Å². The third-order valence-electron chi connectivity index (χ3n) is 4.28. The van der Waals surface area contributed by atoms with Gasteiger partial charge in [0, 0.05) is 18.8 Å². The molecule has 1 atom stereocenters. The number of nitrogens with zero attached hydrogens (tertiary/aromatic N) is 3. The largest absolute Gasteiger partial charge is 0.384 e. The van der Waals surface area contributed by atoms with E-state index in [0.29, 0.717) is 41.0 Å². The molecule has 2 aromatic rings. The first-order valence-corrected chi connectivity index (χ1v) is 8.53. The Morgan fingerprint density at radius 3 is 2.88 bits per heavy atom. The summed E-state index contributed by atoms with van der Waals surface area (Å²) < 4.78 is 1.39. The molecule has 26 heavy (non-hydrogen) atoms. The second-order valence-electron chi connectivity index (χ2n) is 6.43. The van der Waals surface area contributed by atoms with E-state index in [0.717, 1.165) is 12.8 Å². The second kappa shape index (κ2) is 7.38. The summed E-state index contributed by atoms with van der Waals surface area (Å²) in [7, 11) is 0. The van der Waals surface area contributed by atoms with E-state index < -0.39 is 0 Å². The Morgan fingerprint density at radius 1 is 1.31 bits per heavy atom. The van der Waals surface area contributed by atoms with E-state index in [2.05, 4.69) is 27.5 Å². The van der Waals surface area contributed by atoms with Crippen LogP contribution in [-0.4, -0.2) is 27.0 Å². The van der Waals surface area contributed by atoms with E-state index in [4.69, 9.17) is 5.73 Å². The highest BCUT2D eigenvalue weighted by molar-refractivity contribution is 5.95. The summed E-state index contributed by atoms with van der Waals surface area (Å²) in [6, 6.07) is 3.19. The topological polar surface area (TPSA) is 115 Å². The molecule has 8 heteroatoms. The van der Waals surface area contributed by atoms with Gasteiger partial charge in [-0.1, -0.05) is 13.0 Å². The third-order valence-corrected chi connectivity index (χ3v) is 4.28. The number of anilines is 3. The fraction of sp³-hybridized carbons (Fsp3) is 0.333. The van der Waals surface area contributed by atoms with Crippen molar-refractivity contribution in [1.29, 1.82) is 0 Å². The molecule has 0 fully saturated rings. The van der Waals surface area contributed by atoms with Crippen LogP contribution in [0.3, 0.4) is 0 Å². The lowest BCUT2D eigenvalue weighted by atomic mass is 10.0. The van der Waals surface area contributed by atoms with Gasteiger partial charge in [0.15, 0.2) is 0 Å². The van der Waals surface area contributed by atoms with Crippen molar-refractivity contribution in [3.63, 3.8) is 0 Å². The highest BCUT2D eigenvalue weighted by Crippen LogP contribution is 2.18. The summed E-state index contributed by atoms with van der Waals surface area (Å²) in [5, 5.41) is 5.85. The Bertz CT molecular complexity index is 918. The lowest BCUT2D eigenvalue weighted by Gasteiger charge is -2.17. The molecule has 4 N–H and O–H groups in total. The Kier molecular flexibility index (Phi) is 5.01. The van der Waals surface area contributed by atoms with Crippen molar-refractivity contribution in [2.45, 2.75) is 26.7 Å². The fourth-order valence-corrected chi connectivity index (χ4v) is 2.91. The Morgan fingerprint density at radius 2 is 2.12 bits per heavy atom. The number of nitrogen functional groups attached to an aromatic ring is 1. The van der Waals surface area contributed by atoms with Crippen LogP contribution in [-0.2, 0) is 0 Å². The number of fused-ring (bicyclic) bond motifs is 1.